The van der Waals surface area contributed by atoms with Gasteiger partial charge in [0.15, 0.2) is 0 Å². The van der Waals surface area contributed by atoms with Gasteiger partial charge in [-0.05, 0) is 12.3 Å². The Bertz CT molecular complexity index is 169. The molecule has 0 N–H and O–H groups in total. The molecule has 4 unspecified atom stereocenters. The molecule has 3 aliphatic rings. The molecule has 0 aromatic rings. The van der Waals surface area contributed by atoms with Gasteiger partial charge in [0.1, 0.15) is 5.78 Å². The first-order valence-electron chi connectivity index (χ1n) is 3.53. The zero-order valence-electron chi connectivity index (χ0n) is 5.04. The molecule has 2 nitrogen and oxygen atoms in total. The number of carbonyl (C=O) groups is 1. The normalized spacial score (nSPS) is 60.2. The predicted octanol–water partition coefficient (Wildman–Crippen LogP) is 0.220. The molecule has 2 saturated carbocycles. The van der Waals surface area contributed by atoms with E-state index >= 15 is 0 Å². The smallest absolute Gasteiger partial charge is 0.143 e. The number of hydrogen-bond acceptors (Lipinski definition) is 2. The number of Topliss-reactive ketones (excluding diaryl/α,β-unsaturated/α-hetero) is 1. The highest BCUT2D eigenvalue weighted by atomic mass is 16.5. The van der Waals surface area contributed by atoms with Crippen molar-refractivity contribution >= 4 is 5.78 Å². The molecule has 9 heavy (non-hydrogen) atoms. The molecule has 2 heteroatoms. The van der Waals surface area contributed by atoms with Crippen LogP contribution in [-0.2, 0) is 9.53 Å². The topological polar surface area (TPSA) is 26.3 Å². The lowest BCUT2D eigenvalue weighted by Gasteiger charge is -2.05. The van der Waals surface area contributed by atoms with Crippen LogP contribution in [0.25, 0.3) is 0 Å². The van der Waals surface area contributed by atoms with Crippen LogP contribution in [0.1, 0.15) is 6.42 Å². The van der Waals surface area contributed by atoms with E-state index in [4.69, 9.17) is 4.74 Å². The Morgan fingerprint density at radius 3 is 2.89 bits per heavy atom. The lowest BCUT2D eigenvalue weighted by atomic mass is 10.1. The van der Waals surface area contributed by atoms with E-state index in [0.29, 0.717) is 29.6 Å². The second-order valence-electron chi connectivity index (χ2n) is 3.32. The summed E-state index contributed by atoms with van der Waals surface area (Å²) in [5.41, 5.74) is 0. The van der Waals surface area contributed by atoms with Gasteiger partial charge in [0.25, 0.3) is 0 Å². The van der Waals surface area contributed by atoms with Crippen LogP contribution in [-0.4, -0.2) is 18.5 Å². The summed E-state index contributed by atoms with van der Waals surface area (Å²) < 4.78 is 5.36. The largest absolute Gasteiger partial charge is 0.377 e. The summed E-state index contributed by atoms with van der Waals surface area (Å²) in [5, 5.41) is 0. The third-order valence-electron chi connectivity index (χ3n) is 2.90. The second kappa shape index (κ2) is 1.08. The van der Waals surface area contributed by atoms with E-state index in [0.717, 1.165) is 6.61 Å². The minimum atomic E-state index is 0.340. The van der Waals surface area contributed by atoms with Gasteiger partial charge in [-0.2, -0.15) is 0 Å². The van der Waals surface area contributed by atoms with Gasteiger partial charge in [-0.25, -0.2) is 0 Å². The minimum Gasteiger partial charge on any atom is -0.377 e. The Labute approximate surface area is 53.2 Å². The minimum absolute atomic E-state index is 0.340. The number of hydrogen-bond donors (Lipinski definition) is 0. The first-order chi connectivity index (χ1) is 4.38. The maximum Gasteiger partial charge on any atom is 0.143 e. The van der Waals surface area contributed by atoms with Crippen LogP contribution >= 0.6 is 0 Å². The molecule has 4 atom stereocenters. The van der Waals surface area contributed by atoms with Gasteiger partial charge in [-0.3, -0.25) is 4.79 Å². The molecule has 0 amide bonds. The summed E-state index contributed by atoms with van der Waals surface area (Å²) in [7, 11) is 0. The van der Waals surface area contributed by atoms with Gasteiger partial charge in [0.05, 0.1) is 18.6 Å². The zero-order chi connectivity index (χ0) is 6.01. The van der Waals surface area contributed by atoms with E-state index in [1.807, 2.05) is 0 Å². The summed E-state index contributed by atoms with van der Waals surface area (Å²) in [6, 6.07) is 0. The van der Waals surface area contributed by atoms with E-state index in [9.17, 15) is 4.79 Å². The first kappa shape index (κ1) is 4.45. The monoisotopic (exact) mass is 124 g/mol. The van der Waals surface area contributed by atoms with E-state index in [-0.39, 0.29) is 0 Å². The summed E-state index contributed by atoms with van der Waals surface area (Å²) in [5.74, 6) is 1.90. The SMILES string of the molecule is O=C1C2C3COC(C3)C12. The molecule has 2 aliphatic carbocycles. The van der Waals surface area contributed by atoms with Crippen LogP contribution in [0.3, 0.4) is 0 Å². The Balaban J connectivity index is 2.04. The predicted molar refractivity (Wildman–Crippen MR) is 29.8 cm³/mol. The average molecular weight is 124 g/mol. The van der Waals surface area contributed by atoms with Crippen LogP contribution < -0.4 is 0 Å². The van der Waals surface area contributed by atoms with Gasteiger partial charge >= 0.3 is 0 Å². The van der Waals surface area contributed by atoms with Gasteiger partial charge < -0.3 is 4.74 Å². The van der Waals surface area contributed by atoms with Gasteiger partial charge in [0, 0.05) is 5.92 Å². The fourth-order valence-electron chi connectivity index (χ4n) is 2.40. The van der Waals surface area contributed by atoms with Crippen LogP contribution in [0, 0.1) is 17.8 Å². The van der Waals surface area contributed by atoms with Gasteiger partial charge in [0.2, 0.25) is 0 Å². The Kier molecular flexibility index (Phi) is 0.533. The Morgan fingerprint density at radius 1 is 1.44 bits per heavy atom. The lowest BCUT2D eigenvalue weighted by Crippen LogP contribution is -2.09. The number of fused-ring (bicyclic) bond motifs is 5. The van der Waals surface area contributed by atoms with E-state index in [1.165, 1.54) is 6.42 Å². The summed E-state index contributed by atoms with van der Waals surface area (Å²) in [4.78, 5) is 10.9. The molecule has 1 saturated heterocycles. The Hall–Kier alpha value is -0.370. The summed E-state index contributed by atoms with van der Waals surface area (Å²) in [6.07, 6.45) is 1.51. The van der Waals surface area contributed by atoms with Crippen molar-refractivity contribution in [1.82, 2.24) is 0 Å². The van der Waals surface area contributed by atoms with Crippen molar-refractivity contribution in [3.8, 4) is 0 Å². The molecule has 0 aromatic heterocycles. The molecule has 0 spiro atoms. The number of rotatable bonds is 0. The molecular formula is C7H8O2. The van der Waals surface area contributed by atoms with Crippen molar-refractivity contribution in [3.63, 3.8) is 0 Å². The number of ether oxygens (including phenoxy) is 1. The van der Waals surface area contributed by atoms with Crippen molar-refractivity contribution in [1.29, 1.82) is 0 Å². The fourth-order valence-corrected chi connectivity index (χ4v) is 2.40. The number of ketones is 1. The third-order valence-corrected chi connectivity index (χ3v) is 2.90. The van der Waals surface area contributed by atoms with Crippen molar-refractivity contribution in [3.05, 3.63) is 0 Å². The van der Waals surface area contributed by atoms with Crippen molar-refractivity contribution in [2.24, 2.45) is 17.8 Å². The highest BCUT2D eigenvalue weighted by molar-refractivity contribution is 6.01. The highest BCUT2D eigenvalue weighted by Crippen LogP contribution is 2.56. The maximum absolute atomic E-state index is 10.9. The van der Waals surface area contributed by atoms with Crippen molar-refractivity contribution < 1.29 is 9.53 Å². The van der Waals surface area contributed by atoms with Gasteiger partial charge in [-0.15, -0.1) is 0 Å². The third kappa shape index (κ3) is 0.341. The molecule has 2 bridgehead atoms. The molecular weight excluding hydrogens is 116 g/mol. The molecule has 3 rings (SSSR count). The standard InChI is InChI=1S/C7H8O2/c8-7-5-3-1-4(6(5)7)9-2-3/h3-6H,1-2H2. The molecule has 48 valence electrons. The fraction of sp³-hybridized carbons (Fsp3) is 0.857. The maximum atomic E-state index is 10.9. The van der Waals surface area contributed by atoms with Crippen molar-refractivity contribution in [2.75, 3.05) is 6.61 Å². The van der Waals surface area contributed by atoms with E-state index in [1.54, 1.807) is 0 Å². The first-order valence-corrected chi connectivity index (χ1v) is 3.53. The highest BCUT2D eigenvalue weighted by Gasteiger charge is 2.66. The molecule has 0 radical (unpaired) electrons. The number of carbonyl (C=O) groups excluding carboxylic acids is 1. The summed E-state index contributed by atoms with van der Waals surface area (Å²) >= 11 is 0. The van der Waals surface area contributed by atoms with Crippen LogP contribution in [0.4, 0.5) is 0 Å². The van der Waals surface area contributed by atoms with Crippen LogP contribution in [0.5, 0.6) is 0 Å². The van der Waals surface area contributed by atoms with E-state index < -0.39 is 0 Å². The molecule has 0 aromatic carbocycles. The van der Waals surface area contributed by atoms with Crippen LogP contribution in [0.2, 0.25) is 0 Å². The summed E-state index contributed by atoms with van der Waals surface area (Å²) in [6.45, 7) is 0.859. The van der Waals surface area contributed by atoms with Crippen molar-refractivity contribution in [2.45, 2.75) is 12.5 Å². The quantitative estimate of drug-likeness (QED) is 0.461. The molecule has 3 fully saturated rings. The van der Waals surface area contributed by atoms with Crippen LogP contribution in [0.15, 0.2) is 0 Å². The Morgan fingerprint density at radius 2 is 2.33 bits per heavy atom. The zero-order valence-corrected chi connectivity index (χ0v) is 5.04. The van der Waals surface area contributed by atoms with Gasteiger partial charge in [-0.1, -0.05) is 0 Å². The lowest BCUT2D eigenvalue weighted by molar-refractivity contribution is -0.113. The average Bonchev–Trinajstić information content (AvgIpc) is 2.29. The molecule has 1 heterocycles. The van der Waals surface area contributed by atoms with E-state index in [2.05, 4.69) is 0 Å². The second-order valence-corrected chi connectivity index (χ2v) is 3.32. The molecule has 1 aliphatic heterocycles.